The molecule has 5 heteroatoms. The first-order valence-electron chi connectivity index (χ1n) is 4.42. The van der Waals surface area contributed by atoms with Crippen LogP contribution in [0.3, 0.4) is 0 Å². The predicted octanol–water partition coefficient (Wildman–Crippen LogP) is -0.0352. The summed E-state index contributed by atoms with van der Waals surface area (Å²) < 4.78 is 4.72. The Kier molecular flexibility index (Phi) is 3.54. The van der Waals surface area contributed by atoms with Gasteiger partial charge in [0.05, 0.1) is 6.54 Å². The molecular weight excluding hydrogens is 172 g/mol. The van der Waals surface area contributed by atoms with Crippen molar-refractivity contribution >= 4 is 12.0 Å². The Labute approximate surface area is 77.0 Å². The molecule has 0 spiro atoms. The fourth-order valence-corrected chi connectivity index (χ4v) is 1.08. The van der Waals surface area contributed by atoms with Crippen molar-refractivity contribution in [1.29, 1.82) is 0 Å². The number of carbonyl (C=O) groups is 2. The summed E-state index contributed by atoms with van der Waals surface area (Å²) in [5, 5.41) is 2.69. The minimum Gasteiger partial charge on any atom is -0.448 e. The van der Waals surface area contributed by atoms with Gasteiger partial charge >= 0.3 is 6.09 Å². The van der Waals surface area contributed by atoms with E-state index in [9.17, 15) is 9.59 Å². The first-order chi connectivity index (χ1) is 6.24. The average molecular weight is 186 g/mol. The molecule has 0 radical (unpaired) electrons. The normalized spacial score (nSPS) is 15.8. The highest BCUT2D eigenvalue weighted by molar-refractivity contribution is 5.75. The van der Waals surface area contributed by atoms with Crippen molar-refractivity contribution in [2.75, 3.05) is 26.2 Å². The second kappa shape index (κ2) is 4.69. The zero-order valence-electron chi connectivity index (χ0n) is 7.71. The molecule has 13 heavy (non-hydrogen) atoms. The minimum atomic E-state index is -0.286. The van der Waals surface area contributed by atoms with Crippen LogP contribution < -0.4 is 5.32 Å². The molecule has 0 aromatic rings. The molecule has 1 N–H and O–H groups in total. The monoisotopic (exact) mass is 186 g/mol. The lowest BCUT2D eigenvalue weighted by atomic mass is 10.4. The number of ether oxygens (including phenoxy) is 1. The van der Waals surface area contributed by atoms with Crippen molar-refractivity contribution in [2.45, 2.75) is 13.3 Å². The van der Waals surface area contributed by atoms with Crippen LogP contribution in [0.25, 0.3) is 0 Å². The molecule has 1 aliphatic rings. The molecule has 2 amide bonds. The Hall–Kier alpha value is -1.26. The van der Waals surface area contributed by atoms with Crippen LogP contribution in [0.2, 0.25) is 0 Å². The van der Waals surface area contributed by atoms with Gasteiger partial charge in [0.2, 0.25) is 5.91 Å². The zero-order chi connectivity index (χ0) is 9.68. The van der Waals surface area contributed by atoms with Crippen molar-refractivity contribution in [3.63, 3.8) is 0 Å². The maximum absolute atomic E-state index is 10.9. The second-order valence-electron chi connectivity index (χ2n) is 2.80. The molecule has 0 bridgehead atoms. The Morgan fingerprint density at radius 2 is 2.46 bits per heavy atom. The van der Waals surface area contributed by atoms with Crippen LogP contribution in [0.15, 0.2) is 0 Å². The molecule has 0 aromatic heterocycles. The molecule has 1 heterocycles. The van der Waals surface area contributed by atoms with Crippen LogP contribution in [0.4, 0.5) is 4.79 Å². The molecule has 0 saturated carbocycles. The molecule has 0 aromatic carbocycles. The van der Waals surface area contributed by atoms with Gasteiger partial charge in [-0.1, -0.05) is 6.92 Å². The van der Waals surface area contributed by atoms with Gasteiger partial charge in [0.15, 0.2) is 0 Å². The topological polar surface area (TPSA) is 58.6 Å². The molecule has 0 aliphatic carbocycles. The number of amides is 2. The van der Waals surface area contributed by atoms with Gasteiger partial charge in [0.25, 0.3) is 0 Å². The average Bonchev–Trinajstić information content (AvgIpc) is 2.52. The fraction of sp³-hybridized carbons (Fsp3) is 0.750. The molecule has 0 unspecified atom stereocenters. The summed E-state index contributed by atoms with van der Waals surface area (Å²) >= 11 is 0. The first-order valence-corrected chi connectivity index (χ1v) is 4.42. The van der Waals surface area contributed by atoms with Crippen LogP contribution in [0, 0.1) is 0 Å². The standard InChI is InChI=1S/C8H14N2O3/c1-2-7(11)9-3-4-10-5-6-13-8(10)12/h2-6H2,1H3,(H,9,11). The van der Waals surface area contributed by atoms with Crippen LogP contribution in [-0.4, -0.2) is 43.1 Å². The van der Waals surface area contributed by atoms with Crippen molar-refractivity contribution in [2.24, 2.45) is 0 Å². The van der Waals surface area contributed by atoms with Crippen molar-refractivity contribution < 1.29 is 14.3 Å². The summed E-state index contributed by atoms with van der Waals surface area (Å²) in [5.74, 6) is 0.00700. The Morgan fingerprint density at radius 3 is 3.00 bits per heavy atom. The number of hydrogen-bond donors (Lipinski definition) is 1. The van der Waals surface area contributed by atoms with E-state index in [4.69, 9.17) is 4.74 Å². The van der Waals surface area contributed by atoms with E-state index >= 15 is 0 Å². The highest BCUT2D eigenvalue weighted by atomic mass is 16.6. The van der Waals surface area contributed by atoms with Gasteiger partial charge in [-0.05, 0) is 0 Å². The summed E-state index contributed by atoms with van der Waals surface area (Å²) in [4.78, 5) is 23.3. The van der Waals surface area contributed by atoms with Gasteiger partial charge in [-0.3, -0.25) is 4.79 Å². The number of carbonyl (C=O) groups excluding carboxylic acids is 2. The van der Waals surface area contributed by atoms with E-state index in [0.29, 0.717) is 32.7 Å². The van der Waals surface area contributed by atoms with Crippen LogP contribution in [0.5, 0.6) is 0 Å². The summed E-state index contributed by atoms with van der Waals surface area (Å²) in [6.07, 6.45) is 0.190. The van der Waals surface area contributed by atoms with Gasteiger partial charge in [0, 0.05) is 19.5 Å². The lowest BCUT2D eigenvalue weighted by molar-refractivity contribution is -0.120. The summed E-state index contributed by atoms with van der Waals surface area (Å²) in [6.45, 7) is 3.91. The number of hydrogen-bond acceptors (Lipinski definition) is 3. The lowest BCUT2D eigenvalue weighted by Crippen LogP contribution is -2.35. The van der Waals surface area contributed by atoms with Crippen molar-refractivity contribution in [3.05, 3.63) is 0 Å². The van der Waals surface area contributed by atoms with E-state index in [1.165, 1.54) is 0 Å². The summed E-state index contributed by atoms with van der Waals surface area (Å²) in [5.41, 5.74) is 0. The van der Waals surface area contributed by atoms with E-state index in [-0.39, 0.29) is 12.0 Å². The number of nitrogens with one attached hydrogen (secondary N) is 1. The number of nitrogens with zero attached hydrogens (tertiary/aromatic N) is 1. The maximum atomic E-state index is 10.9. The molecule has 0 atom stereocenters. The number of cyclic esters (lactones) is 1. The summed E-state index contributed by atoms with van der Waals surface area (Å²) in [7, 11) is 0. The first kappa shape index (κ1) is 9.83. The van der Waals surface area contributed by atoms with E-state index in [1.54, 1.807) is 11.8 Å². The smallest absolute Gasteiger partial charge is 0.409 e. The molecule has 74 valence electrons. The fourth-order valence-electron chi connectivity index (χ4n) is 1.08. The van der Waals surface area contributed by atoms with E-state index in [1.807, 2.05) is 0 Å². The Balaban J connectivity index is 2.12. The van der Waals surface area contributed by atoms with Crippen molar-refractivity contribution in [3.8, 4) is 0 Å². The molecule has 5 nitrogen and oxygen atoms in total. The van der Waals surface area contributed by atoms with Gasteiger partial charge in [0.1, 0.15) is 6.61 Å². The third-order valence-corrected chi connectivity index (χ3v) is 1.87. The Morgan fingerprint density at radius 1 is 1.69 bits per heavy atom. The van der Waals surface area contributed by atoms with Gasteiger partial charge in [-0.25, -0.2) is 4.79 Å². The molecule has 1 fully saturated rings. The van der Waals surface area contributed by atoms with Gasteiger partial charge < -0.3 is 15.0 Å². The molecular formula is C8H14N2O3. The predicted molar refractivity (Wildman–Crippen MR) is 46.2 cm³/mol. The largest absolute Gasteiger partial charge is 0.448 e. The third-order valence-electron chi connectivity index (χ3n) is 1.87. The number of rotatable bonds is 4. The highest BCUT2D eigenvalue weighted by Crippen LogP contribution is 2.00. The van der Waals surface area contributed by atoms with Crippen LogP contribution in [-0.2, 0) is 9.53 Å². The quantitative estimate of drug-likeness (QED) is 0.670. The zero-order valence-corrected chi connectivity index (χ0v) is 7.71. The third kappa shape index (κ3) is 2.93. The maximum Gasteiger partial charge on any atom is 0.409 e. The van der Waals surface area contributed by atoms with E-state index in [0.717, 1.165) is 0 Å². The Bertz CT molecular complexity index is 206. The minimum absolute atomic E-state index is 0.00700. The van der Waals surface area contributed by atoms with E-state index in [2.05, 4.69) is 5.32 Å². The molecule has 1 saturated heterocycles. The van der Waals surface area contributed by atoms with Gasteiger partial charge in [-0.15, -0.1) is 0 Å². The van der Waals surface area contributed by atoms with Crippen LogP contribution >= 0.6 is 0 Å². The highest BCUT2D eigenvalue weighted by Gasteiger charge is 2.20. The second-order valence-corrected chi connectivity index (χ2v) is 2.80. The molecule has 1 rings (SSSR count). The van der Waals surface area contributed by atoms with Crippen LogP contribution in [0.1, 0.15) is 13.3 Å². The van der Waals surface area contributed by atoms with Gasteiger partial charge in [-0.2, -0.15) is 0 Å². The molecule has 1 aliphatic heterocycles. The SMILES string of the molecule is CCC(=O)NCCN1CCOC1=O. The van der Waals surface area contributed by atoms with E-state index < -0.39 is 0 Å². The lowest BCUT2D eigenvalue weighted by Gasteiger charge is -2.12. The van der Waals surface area contributed by atoms with Crippen molar-refractivity contribution in [1.82, 2.24) is 10.2 Å². The summed E-state index contributed by atoms with van der Waals surface area (Å²) in [6, 6.07) is 0.